The topological polar surface area (TPSA) is 44.5 Å². The van der Waals surface area contributed by atoms with E-state index in [1.807, 2.05) is 0 Å². The van der Waals surface area contributed by atoms with Gasteiger partial charge in [-0.15, -0.1) is 0 Å². The highest BCUT2D eigenvalue weighted by Crippen LogP contribution is 2.39. The summed E-state index contributed by atoms with van der Waals surface area (Å²) in [4.78, 5) is 0. The highest BCUT2D eigenvalue weighted by Gasteiger charge is 2.41. The van der Waals surface area contributed by atoms with Crippen molar-refractivity contribution in [2.24, 2.45) is 5.73 Å². The van der Waals surface area contributed by atoms with Crippen molar-refractivity contribution in [2.45, 2.75) is 48.7 Å². The number of ether oxygens (including phenoxy) is 2. The average Bonchev–Trinajstić information content (AvgIpc) is 2.66. The van der Waals surface area contributed by atoms with Crippen molar-refractivity contribution >= 4 is 11.8 Å². The van der Waals surface area contributed by atoms with Crippen molar-refractivity contribution in [2.75, 3.05) is 26.4 Å². The third-order valence-corrected chi connectivity index (χ3v) is 5.00. The van der Waals surface area contributed by atoms with E-state index in [9.17, 15) is 0 Å². The normalized spacial score (nSPS) is 36.8. The third-order valence-electron chi connectivity index (χ3n) is 3.51. The molecule has 0 bridgehead atoms. The molecule has 3 atom stereocenters. The minimum atomic E-state index is 0.0539. The zero-order valence-corrected chi connectivity index (χ0v) is 10.9. The lowest BCUT2D eigenvalue weighted by Gasteiger charge is -2.37. The van der Waals surface area contributed by atoms with Gasteiger partial charge in [0.05, 0.1) is 12.2 Å². The van der Waals surface area contributed by atoms with Crippen molar-refractivity contribution < 1.29 is 9.47 Å². The molecule has 0 radical (unpaired) electrons. The van der Waals surface area contributed by atoms with E-state index in [1.54, 1.807) is 0 Å². The van der Waals surface area contributed by atoms with Crippen LogP contribution in [0.1, 0.15) is 32.6 Å². The van der Waals surface area contributed by atoms with Crippen LogP contribution in [0.25, 0.3) is 0 Å². The molecule has 4 heteroatoms. The summed E-state index contributed by atoms with van der Waals surface area (Å²) in [7, 11) is 0. The molecule has 3 nitrogen and oxygen atoms in total. The second-order valence-electron chi connectivity index (χ2n) is 4.97. The van der Waals surface area contributed by atoms with Crippen molar-refractivity contribution in [3.63, 3.8) is 0 Å². The molecule has 2 aliphatic rings. The molecule has 1 spiro atoms. The van der Waals surface area contributed by atoms with Crippen LogP contribution in [0.2, 0.25) is 0 Å². The van der Waals surface area contributed by atoms with Crippen LogP contribution in [0.4, 0.5) is 0 Å². The molecular formula is C12H23NO2S. The maximum absolute atomic E-state index is 5.94. The molecule has 3 unspecified atom stereocenters. The van der Waals surface area contributed by atoms with E-state index >= 15 is 0 Å². The predicted octanol–water partition coefficient (Wildman–Crippen LogP) is 1.80. The Bertz CT molecular complexity index is 219. The van der Waals surface area contributed by atoms with Gasteiger partial charge in [-0.05, 0) is 25.8 Å². The highest BCUT2D eigenvalue weighted by molar-refractivity contribution is 8.00. The average molecular weight is 245 g/mol. The first-order valence-corrected chi connectivity index (χ1v) is 7.26. The van der Waals surface area contributed by atoms with Crippen LogP contribution in [0, 0.1) is 0 Å². The Balaban J connectivity index is 1.82. The van der Waals surface area contributed by atoms with Crippen LogP contribution in [-0.4, -0.2) is 42.5 Å². The summed E-state index contributed by atoms with van der Waals surface area (Å²) < 4.78 is 11.4. The monoisotopic (exact) mass is 245 g/mol. The Morgan fingerprint density at radius 1 is 1.50 bits per heavy atom. The van der Waals surface area contributed by atoms with Gasteiger partial charge >= 0.3 is 0 Å². The molecule has 0 aliphatic carbocycles. The van der Waals surface area contributed by atoms with Gasteiger partial charge in [-0.2, -0.15) is 11.8 Å². The number of nitrogens with two attached hydrogens (primary N) is 1. The summed E-state index contributed by atoms with van der Waals surface area (Å²) >= 11 is 2.09. The molecule has 2 saturated heterocycles. The summed E-state index contributed by atoms with van der Waals surface area (Å²) in [6.45, 7) is 5.65. The predicted molar refractivity (Wildman–Crippen MR) is 67.9 cm³/mol. The fraction of sp³-hybridized carbons (Fsp3) is 1.00. The Kier molecular flexibility index (Phi) is 4.53. The van der Waals surface area contributed by atoms with E-state index in [0.29, 0.717) is 5.25 Å². The maximum atomic E-state index is 5.94. The van der Waals surface area contributed by atoms with Crippen LogP contribution in [0.15, 0.2) is 0 Å². The summed E-state index contributed by atoms with van der Waals surface area (Å²) in [5.74, 6) is 0. The Morgan fingerprint density at radius 2 is 2.38 bits per heavy atom. The quantitative estimate of drug-likeness (QED) is 0.820. The van der Waals surface area contributed by atoms with Crippen molar-refractivity contribution in [3.05, 3.63) is 0 Å². The van der Waals surface area contributed by atoms with Crippen molar-refractivity contribution in [1.82, 2.24) is 0 Å². The van der Waals surface area contributed by atoms with Gasteiger partial charge in [0.25, 0.3) is 0 Å². The van der Waals surface area contributed by atoms with Gasteiger partial charge in [-0.3, -0.25) is 0 Å². The SMILES string of the molecule is CC(CCN)SC1CCOC2(CCOC2)C1. The molecule has 0 aromatic rings. The minimum absolute atomic E-state index is 0.0539. The lowest BCUT2D eigenvalue weighted by molar-refractivity contribution is -0.0770. The van der Waals surface area contributed by atoms with Crippen LogP contribution in [0.5, 0.6) is 0 Å². The summed E-state index contributed by atoms with van der Waals surface area (Å²) in [6.07, 6.45) is 4.54. The summed E-state index contributed by atoms with van der Waals surface area (Å²) in [5, 5.41) is 1.41. The number of rotatable bonds is 4. The molecule has 2 N–H and O–H groups in total. The van der Waals surface area contributed by atoms with Gasteiger partial charge in [0.2, 0.25) is 0 Å². The van der Waals surface area contributed by atoms with Crippen molar-refractivity contribution in [3.8, 4) is 0 Å². The number of thioether (sulfide) groups is 1. The molecule has 2 fully saturated rings. The van der Waals surface area contributed by atoms with E-state index in [2.05, 4.69) is 18.7 Å². The lowest BCUT2D eigenvalue weighted by Crippen LogP contribution is -2.41. The largest absolute Gasteiger partial charge is 0.378 e. The van der Waals surface area contributed by atoms with Gasteiger partial charge < -0.3 is 15.2 Å². The van der Waals surface area contributed by atoms with E-state index < -0.39 is 0 Å². The maximum Gasteiger partial charge on any atom is 0.0947 e. The smallest absolute Gasteiger partial charge is 0.0947 e. The zero-order valence-electron chi connectivity index (χ0n) is 10.1. The van der Waals surface area contributed by atoms with Crippen LogP contribution < -0.4 is 5.73 Å². The molecule has 0 aromatic carbocycles. The standard InChI is InChI=1S/C12H23NO2S/c1-10(2-5-13)16-11-3-6-15-12(8-11)4-7-14-9-12/h10-11H,2-9,13H2,1H3. The first-order valence-electron chi connectivity index (χ1n) is 6.31. The van der Waals surface area contributed by atoms with E-state index in [1.165, 1.54) is 6.42 Å². The first-order chi connectivity index (χ1) is 7.74. The molecule has 2 heterocycles. The van der Waals surface area contributed by atoms with Gasteiger partial charge in [0.1, 0.15) is 0 Å². The minimum Gasteiger partial charge on any atom is -0.378 e. The Hall–Kier alpha value is 0.230. The van der Waals surface area contributed by atoms with Crippen LogP contribution in [-0.2, 0) is 9.47 Å². The molecule has 94 valence electrons. The molecule has 2 aliphatic heterocycles. The van der Waals surface area contributed by atoms with Gasteiger partial charge in [0.15, 0.2) is 0 Å². The van der Waals surface area contributed by atoms with Crippen LogP contribution >= 0.6 is 11.8 Å². The molecular weight excluding hydrogens is 222 g/mol. The Morgan fingerprint density at radius 3 is 3.06 bits per heavy atom. The fourth-order valence-electron chi connectivity index (χ4n) is 2.59. The third kappa shape index (κ3) is 3.13. The van der Waals surface area contributed by atoms with Gasteiger partial charge in [-0.25, -0.2) is 0 Å². The number of hydrogen-bond donors (Lipinski definition) is 1. The van der Waals surface area contributed by atoms with Crippen molar-refractivity contribution in [1.29, 1.82) is 0 Å². The molecule has 0 amide bonds. The molecule has 0 saturated carbocycles. The van der Waals surface area contributed by atoms with E-state index in [-0.39, 0.29) is 5.60 Å². The van der Waals surface area contributed by atoms with E-state index in [0.717, 1.165) is 50.9 Å². The van der Waals surface area contributed by atoms with Crippen LogP contribution in [0.3, 0.4) is 0 Å². The van der Waals surface area contributed by atoms with Gasteiger partial charge in [-0.1, -0.05) is 6.92 Å². The summed E-state index contributed by atoms with van der Waals surface area (Å²) in [5.41, 5.74) is 5.65. The molecule has 16 heavy (non-hydrogen) atoms. The fourth-order valence-corrected chi connectivity index (χ4v) is 4.16. The highest BCUT2D eigenvalue weighted by atomic mass is 32.2. The van der Waals surface area contributed by atoms with E-state index in [4.69, 9.17) is 15.2 Å². The zero-order chi connectivity index (χ0) is 11.4. The number of hydrogen-bond acceptors (Lipinski definition) is 4. The molecule has 0 aromatic heterocycles. The summed E-state index contributed by atoms with van der Waals surface area (Å²) in [6, 6.07) is 0. The molecule has 2 rings (SSSR count). The van der Waals surface area contributed by atoms with Gasteiger partial charge in [0, 0.05) is 30.1 Å². The lowest BCUT2D eigenvalue weighted by atomic mass is 9.93. The second kappa shape index (κ2) is 5.71. The second-order valence-corrected chi connectivity index (χ2v) is 6.72. The Labute approximate surface area is 102 Å². The first kappa shape index (κ1) is 12.7.